The zero-order valence-electron chi connectivity index (χ0n) is 14.0. The Bertz CT molecular complexity index is 417. The number of hydrogen-bond acceptors (Lipinski definition) is 4. The quantitative estimate of drug-likeness (QED) is 0.801. The SMILES string of the molecule is O=C(CCN1CCCCO1)NC[C@H]1CC(=O)N(C2CCCC2)C1. The largest absolute Gasteiger partial charge is 0.356 e. The van der Waals surface area contributed by atoms with Crippen LogP contribution in [0.5, 0.6) is 0 Å². The summed E-state index contributed by atoms with van der Waals surface area (Å²) >= 11 is 0. The molecule has 23 heavy (non-hydrogen) atoms. The summed E-state index contributed by atoms with van der Waals surface area (Å²) in [6.45, 7) is 3.78. The molecule has 6 nitrogen and oxygen atoms in total. The Morgan fingerprint density at radius 1 is 1.22 bits per heavy atom. The maximum absolute atomic E-state index is 12.1. The topological polar surface area (TPSA) is 61.9 Å². The molecular formula is C17H29N3O3. The van der Waals surface area contributed by atoms with Crippen LogP contribution >= 0.6 is 0 Å². The van der Waals surface area contributed by atoms with Crippen LogP contribution < -0.4 is 5.32 Å². The fourth-order valence-corrected chi connectivity index (χ4v) is 3.91. The van der Waals surface area contributed by atoms with Crippen LogP contribution in [-0.2, 0) is 14.4 Å². The smallest absolute Gasteiger partial charge is 0.223 e. The van der Waals surface area contributed by atoms with Crippen molar-refractivity contribution in [2.45, 2.75) is 57.4 Å². The van der Waals surface area contributed by atoms with Crippen molar-refractivity contribution in [3.63, 3.8) is 0 Å². The standard InChI is InChI=1S/C17H29N3O3/c21-16(7-9-19-8-3-4-10-23-19)18-12-14-11-17(22)20(13-14)15-5-1-2-6-15/h14-15H,1-13H2,(H,18,21)/t14-/m1/s1. The van der Waals surface area contributed by atoms with Crippen LogP contribution in [0.15, 0.2) is 0 Å². The Hall–Kier alpha value is -1.14. The summed E-state index contributed by atoms with van der Waals surface area (Å²) in [5.74, 6) is 0.613. The summed E-state index contributed by atoms with van der Waals surface area (Å²) in [4.78, 5) is 31.7. The summed E-state index contributed by atoms with van der Waals surface area (Å²) in [5, 5.41) is 4.89. The molecule has 1 aliphatic carbocycles. The number of rotatable bonds is 6. The summed E-state index contributed by atoms with van der Waals surface area (Å²) in [5.41, 5.74) is 0. The first-order valence-corrected chi connectivity index (χ1v) is 9.16. The van der Waals surface area contributed by atoms with Gasteiger partial charge < -0.3 is 10.2 Å². The minimum atomic E-state index is 0.0611. The average molecular weight is 323 g/mol. The van der Waals surface area contributed by atoms with E-state index >= 15 is 0 Å². The molecule has 2 saturated heterocycles. The normalized spacial score (nSPS) is 26.9. The molecule has 2 amide bonds. The minimum absolute atomic E-state index is 0.0611. The second-order valence-corrected chi connectivity index (χ2v) is 7.08. The number of carbonyl (C=O) groups is 2. The van der Waals surface area contributed by atoms with E-state index in [0.717, 1.165) is 45.4 Å². The van der Waals surface area contributed by atoms with E-state index < -0.39 is 0 Å². The van der Waals surface area contributed by atoms with Crippen LogP contribution in [0.1, 0.15) is 51.4 Å². The molecule has 2 aliphatic heterocycles. The molecule has 6 heteroatoms. The highest BCUT2D eigenvalue weighted by atomic mass is 16.7. The Morgan fingerprint density at radius 3 is 2.78 bits per heavy atom. The highest BCUT2D eigenvalue weighted by Crippen LogP contribution is 2.29. The van der Waals surface area contributed by atoms with E-state index in [4.69, 9.17) is 4.84 Å². The van der Waals surface area contributed by atoms with E-state index in [1.165, 1.54) is 12.8 Å². The second-order valence-electron chi connectivity index (χ2n) is 7.08. The monoisotopic (exact) mass is 323 g/mol. The van der Waals surface area contributed by atoms with Crippen LogP contribution in [0.3, 0.4) is 0 Å². The molecule has 1 atom stereocenters. The van der Waals surface area contributed by atoms with Gasteiger partial charge in [0.25, 0.3) is 0 Å². The molecule has 130 valence electrons. The molecule has 3 fully saturated rings. The molecule has 1 saturated carbocycles. The number of nitrogens with one attached hydrogen (secondary N) is 1. The zero-order chi connectivity index (χ0) is 16.1. The molecule has 0 radical (unpaired) electrons. The Kier molecular flexibility index (Phi) is 5.89. The lowest BCUT2D eigenvalue weighted by Gasteiger charge is -2.25. The fourth-order valence-electron chi connectivity index (χ4n) is 3.91. The van der Waals surface area contributed by atoms with E-state index in [1.807, 2.05) is 5.06 Å². The Balaban J connectivity index is 1.33. The first kappa shape index (κ1) is 16.7. The summed E-state index contributed by atoms with van der Waals surface area (Å²) < 4.78 is 0. The molecule has 0 aromatic heterocycles. The first-order chi connectivity index (χ1) is 11.2. The molecule has 0 unspecified atom stereocenters. The summed E-state index contributed by atoms with van der Waals surface area (Å²) in [6.07, 6.45) is 8.10. The minimum Gasteiger partial charge on any atom is -0.356 e. The van der Waals surface area contributed by atoms with E-state index in [9.17, 15) is 9.59 Å². The van der Waals surface area contributed by atoms with E-state index in [-0.39, 0.29) is 17.7 Å². The van der Waals surface area contributed by atoms with Gasteiger partial charge >= 0.3 is 0 Å². The van der Waals surface area contributed by atoms with Crippen LogP contribution in [0.4, 0.5) is 0 Å². The molecule has 0 aromatic carbocycles. The number of hydroxylamine groups is 2. The van der Waals surface area contributed by atoms with Gasteiger partial charge in [-0.3, -0.25) is 14.4 Å². The molecule has 3 aliphatic rings. The van der Waals surface area contributed by atoms with Crippen molar-refractivity contribution in [3.8, 4) is 0 Å². The average Bonchev–Trinajstić information content (AvgIpc) is 3.21. The lowest BCUT2D eigenvalue weighted by atomic mass is 10.1. The summed E-state index contributed by atoms with van der Waals surface area (Å²) in [7, 11) is 0. The number of carbonyl (C=O) groups excluding carboxylic acids is 2. The van der Waals surface area contributed by atoms with Gasteiger partial charge in [-0.15, -0.1) is 0 Å². The number of nitrogens with zero attached hydrogens (tertiary/aromatic N) is 2. The molecule has 0 bridgehead atoms. The van der Waals surface area contributed by atoms with Crippen LogP contribution in [0.25, 0.3) is 0 Å². The lowest BCUT2D eigenvalue weighted by Crippen LogP contribution is -2.37. The Morgan fingerprint density at radius 2 is 2.04 bits per heavy atom. The van der Waals surface area contributed by atoms with Gasteiger partial charge in [0.05, 0.1) is 6.61 Å². The zero-order valence-corrected chi connectivity index (χ0v) is 14.0. The lowest BCUT2D eigenvalue weighted by molar-refractivity contribution is -0.181. The van der Waals surface area contributed by atoms with Gasteiger partial charge in [0.2, 0.25) is 11.8 Å². The van der Waals surface area contributed by atoms with Crippen molar-refractivity contribution < 1.29 is 14.4 Å². The first-order valence-electron chi connectivity index (χ1n) is 9.16. The van der Waals surface area contributed by atoms with Crippen molar-refractivity contribution in [2.75, 3.05) is 32.8 Å². The predicted octanol–water partition coefficient (Wildman–Crippen LogP) is 1.31. The van der Waals surface area contributed by atoms with Crippen molar-refractivity contribution in [3.05, 3.63) is 0 Å². The number of likely N-dealkylation sites (tertiary alicyclic amines) is 1. The molecule has 2 heterocycles. The second kappa shape index (κ2) is 8.11. The molecular weight excluding hydrogens is 294 g/mol. The van der Waals surface area contributed by atoms with Gasteiger partial charge in [0, 0.05) is 51.0 Å². The fraction of sp³-hybridized carbons (Fsp3) is 0.882. The van der Waals surface area contributed by atoms with Crippen molar-refractivity contribution in [1.82, 2.24) is 15.3 Å². The van der Waals surface area contributed by atoms with E-state index in [2.05, 4.69) is 10.2 Å². The van der Waals surface area contributed by atoms with Gasteiger partial charge in [0.15, 0.2) is 0 Å². The third kappa shape index (κ3) is 4.67. The van der Waals surface area contributed by atoms with Crippen LogP contribution in [0, 0.1) is 5.92 Å². The van der Waals surface area contributed by atoms with Crippen molar-refractivity contribution in [1.29, 1.82) is 0 Å². The number of amides is 2. The Labute approximate surface area is 138 Å². The van der Waals surface area contributed by atoms with E-state index in [0.29, 0.717) is 32.0 Å². The third-order valence-electron chi connectivity index (χ3n) is 5.26. The van der Waals surface area contributed by atoms with Gasteiger partial charge in [-0.2, -0.15) is 5.06 Å². The summed E-state index contributed by atoms with van der Waals surface area (Å²) in [6, 6.07) is 0.458. The third-order valence-corrected chi connectivity index (χ3v) is 5.26. The molecule has 3 rings (SSSR count). The van der Waals surface area contributed by atoms with Crippen LogP contribution in [0.2, 0.25) is 0 Å². The molecule has 0 spiro atoms. The highest BCUT2D eigenvalue weighted by molar-refractivity contribution is 5.79. The van der Waals surface area contributed by atoms with Crippen molar-refractivity contribution >= 4 is 11.8 Å². The van der Waals surface area contributed by atoms with Gasteiger partial charge in [0.1, 0.15) is 0 Å². The maximum atomic E-state index is 12.1. The number of hydrogen-bond donors (Lipinski definition) is 1. The van der Waals surface area contributed by atoms with Crippen molar-refractivity contribution in [2.24, 2.45) is 5.92 Å². The molecule has 1 N–H and O–H groups in total. The van der Waals surface area contributed by atoms with Crippen LogP contribution in [-0.4, -0.2) is 60.6 Å². The van der Waals surface area contributed by atoms with Gasteiger partial charge in [-0.1, -0.05) is 12.8 Å². The maximum Gasteiger partial charge on any atom is 0.223 e. The highest BCUT2D eigenvalue weighted by Gasteiger charge is 2.35. The van der Waals surface area contributed by atoms with E-state index in [1.54, 1.807) is 0 Å². The molecule has 0 aromatic rings. The van der Waals surface area contributed by atoms with Gasteiger partial charge in [-0.05, 0) is 25.7 Å². The predicted molar refractivity (Wildman–Crippen MR) is 86.5 cm³/mol. The van der Waals surface area contributed by atoms with Gasteiger partial charge in [-0.25, -0.2) is 0 Å².